The van der Waals surface area contributed by atoms with Crippen molar-refractivity contribution in [2.45, 2.75) is 13.8 Å². The van der Waals surface area contributed by atoms with Crippen molar-refractivity contribution in [2.24, 2.45) is 0 Å². The summed E-state index contributed by atoms with van der Waals surface area (Å²) in [4.78, 5) is 37.4. The number of H-pyrrole nitrogens is 1. The number of aromatic nitrogens is 1. The number of carbonyl (C=O) groups is 2. The fraction of sp³-hybridized carbons (Fsp3) is 0.294. The van der Waals surface area contributed by atoms with Gasteiger partial charge in [0, 0.05) is 11.8 Å². The number of nitro benzene ring substituents is 1. The maximum Gasteiger partial charge on any atom is 0.339 e. The fourth-order valence-corrected chi connectivity index (χ4v) is 2.54. The largest absolute Gasteiger partial charge is 0.493 e. The van der Waals surface area contributed by atoms with Gasteiger partial charge in [0.05, 0.1) is 36.5 Å². The van der Waals surface area contributed by atoms with E-state index in [9.17, 15) is 19.7 Å². The summed E-state index contributed by atoms with van der Waals surface area (Å²) in [6, 6.07) is 3.84. The number of non-ortho nitro benzene ring substituents is 1. The number of hydrogen-bond donors (Lipinski definition) is 1. The number of nitrogens with one attached hydrogen (secondary N) is 1. The SMILES string of the molecule is COC(=O)c1c(C)[nH]c(C(=O)COc2cc([N+](=O)[O-])ccc2OC)c1C. The predicted octanol–water partition coefficient (Wildman–Crippen LogP) is 2.60. The van der Waals surface area contributed by atoms with Gasteiger partial charge in [0.25, 0.3) is 5.69 Å². The van der Waals surface area contributed by atoms with Crippen molar-refractivity contribution < 1.29 is 28.7 Å². The van der Waals surface area contributed by atoms with E-state index in [0.29, 0.717) is 16.8 Å². The summed E-state index contributed by atoms with van der Waals surface area (Å²) in [7, 11) is 2.64. The van der Waals surface area contributed by atoms with Gasteiger partial charge in [0.15, 0.2) is 18.1 Å². The summed E-state index contributed by atoms with van der Waals surface area (Å²) >= 11 is 0. The standard InChI is InChI=1S/C17H18N2O7/c1-9-15(17(21)25-4)10(2)18-16(9)12(20)8-26-14-7-11(19(22)23)5-6-13(14)24-3/h5-7,18H,8H2,1-4H3. The molecule has 26 heavy (non-hydrogen) atoms. The molecule has 0 unspecified atom stereocenters. The molecule has 2 aromatic rings. The molecule has 0 fully saturated rings. The number of aryl methyl sites for hydroxylation is 1. The van der Waals surface area contributed by atoms with E-state index in [1.165, 1.54) is 32.4 Å². The normalized spacial score (nSPS) is 10.3. The highest BCUT2D eigenvalue weighted by Gasteiger charge is 2.23. The second-order valence-electron chi connectivity index (χ2n) is 5.42. The zero-order valence-electron chi connectivity index (χ0n) is 14.7. The van der Waals surface area contributed by atoms with Crippen molar-refractivity contribution in [3.8, 4) is 11.5 Å². The minimum Gasteiger partial charge on any atom is -0.493 e. The van der Waals surface area contributed by atoms with Crippen LogP contribution in [0.25, 0.3) is 0 Å². The number of aromatic amines is 1. The number of hydrogen-bond acceptors (Lipinski definition) is 7. The Labute approximate surface area is 149 Å². The van der Waals surface area contributed by atoms with Crippen molar-refractivity contribution in [2.75, 3.05) is 20.8 Å². The van der Waals surface area contributed by atoms with Crippen LogP contribution in [0.1, 0.15) is 32.1 Å². The first kappa shape index (κ1) is 19.0. The minimum absolute atomic E-state index is 0.0733. The molecule has 0 atom stereocenters. The molecule has 1 aromatic heterocycles. The van der Waals surface area contributed by atoms with Crippen LogP contribution in [0.4, 0.5) is 5.69 Å². The van der Waals surface area contributed by atoms with Gasteiger partial charge >= 0.3 is 5.97 Å². The highest BCUT2D eigenvalue weighted by molar-refractivity contribution is 6.02. The van der Waals surface area contributed by atoms with Crippen LogP contribution >= 0.6 is 0 Å². The van der Waals surface area contributed by atoms with Crippen LogP contribution in [0.5, 0.6) is 11.5 Å². The topological polar surface area (TPSA) is 121 Å². The maximum absolute atomic E-state index is 12.5. The van der Waals surface area contributed by atoms with Gasteiger partial charge in [-0.15, -0.1) is 0 Å². The van der Waals surface area contributed by atoms with Crippen LogP contribution < -0.4 is 9.47 Å². The Morgan fingerprint density at radius 2 is 1.88 bits per heavy atom. The summed E-state index contributed by atoms with van der Waals surface area (Å²) in [5.74, 6) is -0.631. The van der Waals surface area contributed by atoms with Crippen LogP contribution in [-0.4, -0.2) is 42.5 Å². The molecule has 0 aliphatic carbocycles. The number of esters is 1. The molecule has 0 aliphatic heterocycles. The lowest BCUT2D eigenvalue weighted by atomic mass is 10.1. The summed E-state index contributed by atoms with van der Waals surface area (Å²) in [5, 5.41) is 10.9. The van der Waals surface area contributed by atoms with E-state index in [0.717, 1.165) is 0 Å². The Hall–Kier alpha value is -3.36. The van der Waals surface area contributed by atoms with E-state index in [-0.39, 0.29) is 29.5 Å². The predicted molar refractivity (Wildman–Crippen MR) is 91.1 cm³/mol. The van der Waals surface area contributed by atoms with Crippen LogP contribution in [0.3, 0.4) is 0 Å². The Morgan fingerprint density at radius 1 is 1.19 bits per heavy atom. The number of ketones is 1. The summed E-state index contributed by atoms with van der Waals surface area (Å²) in [6.45, 7) is 2.89. The highest BCUT2D eigenvalue weighted by atomic mass is 16.6. The summed E-state index contributed by atoms with van der Waals surface area (Å²) in [5.41, 5.74) is 1.28. The van der Waals surface area contributed by atoms with Gasteiger partial charge in [-0.05, 0) is 25.5 Å². The number of rotatable bonds is 7. The molecular weight excluding hydrogens is 344 g/mol. The molecule has 0 spiro atoms. The van der Waals surface area contributed by atoms with Gasteiger partial charge < -0.3 is 19.2 Å². The second kappa shape index (κ2) is 7.68. The molecule has 1 aromatic carbocycles. The van der Waals surface area contributed by atoms with Gasteiger partial charge in [0.1, 0.15) is 0 Å². The number of carbonyl (C=O) groups excluding carboxylic acids is 2. The van der Waals surface area contributed by atoms with Crippen molar-refractivity contribution in [3.05, 3.63) is 50.8 Å². The van der Waals surface area contributed by atoms with E-state index in [1.807, 2.05) is 0 Å². The monoisotopic (exact) mass is 362 g/mol. The van der Waals surface area contributed by atoms with Crippen molar-refractivity contribution in [1.82, 2.24) is 4.98 Å². The molecule has 9 nitrogen and oxygen atoms in total. The van der Waals surface area contributed by atoms with Crippen LogP contribution in [-0.2, 0) is 4.74 Å². The smallest absolute Gasteiger partial charge is 0.339 e. The number of Topliss-reactive ketones (excluding diaryl/α,β-unsaturated/α-hetero) is 1. The number of benzene rings is 1. The van der Waals surface area contributed by atoms with Gasteiger partial charge in [-0.1, -0.05) is 0 Å². The lowest BCUT2D eigenvalue weighted by molar-refractivity contribution is -0.385. The molecule has 0 radical (unpaired) electrons. The second-order valence-corrected chi connectivity index (χ2v) is 5.42. The lowest BCUT2D eigenvalue weighted by Crippen LogP contribution is -2.14. The maximum atomic E-state index is 12.5. The van der Waals surface area contributed by atoms with E-state index >= 15 is 0 Å². The Kier molecular flexibility index (Phi) is 5.61. The number of nitrogens with zero attached hydrogens (tertiary/aromatic N) is 1. The molecule has 2 rings (SSSR count). The van der Waals surface area contributed by atoms with Crippen molar-refractivity contribution >= 4 is 17.4 Å². The molecule has 138 valence electrons. The first-order chi connectivity index (χ1) is 12.3. The summed E-state index contributed by atoms with van der Waals surface area (Å²) in [6.07, 6.45) is 0. The van der Waals surface area contributed by atoms with Crippen LogP contribution in [0.15, 0.2) is 18.2 Å². The molecular formula is C17H18N2O7. The van der Waals surface area contributed by atoms with Crippen LogP contribution in [0, 0.1) is 24.0 Å². The minimum atomic E-state index is -0.574. The number of methoxy groups -OCH3 is 2. The fourth-order valence-electron chi connectivity index (χ4n) is 2.54. The third-order valence-electron chi connectivity index (χ3n) is 3.82. The molecule has 0 bridgehead atoms. The lowest BCUT2D eigenvalue weighted by Gasteiger charge is -2.10. The molecule has 1 N–H and O–H groups in total. The molecule has 1 heterocycles. The van der Waals surface area contributed by atoms with E-state index < -0.39 is 16.7 Å². The van der Waals surface area contributed by atoms with Gasteiger partial charge in [-0.3, -0.25) is 14.9 Å². The molecule has 0 saturated heterocycles. The van der Waals surface area contributed by atoms with Gasteiger partial charge in [-0.2, -0.15) is 0 Å². The first-order valence-electron chi connectivity index (χ1n) is 7.56. The zero-order valence-corrected chi connectivity index (χ0v) is 14.7. The molecule has 0 saturated carbocycles. The van der Waals surface area contributed by atoms with E-state index in [2.05, 4.69) is 4.98 Å². The third kappa shape index (κ3) is 3.66. The number of ether oxygens (including phenoxy) is 3. The average Bonchev–Trinajstić information content (AvgIpc) is 2.93. The summed E-state index contributed by atoms with van der Waals surface area (Å²) < 4.78 is 15.2. The number of nitro groups is 1. The first-order valence-corrected chi connectivity index (χ1v) is 7.56. The van der Waals surface area contributed by atoms with E-state index in [4.69, 9.17) is 14.2 Å². The average molecular weight is 362 g/mol. The Bertz CT molecular complexity index is 870. The van der Waals surface area contributed by atoms with Crippen molar-refractivity contribution in [1.29, 1.82) is 0 Å². The van der Waals surface area contributed by atoms with Gasteiger partial charge in [0.2, 0.25) is 5.78 Å². The molecule has 0 amide bonds. The Morgan fingerprint density at radius 3 is 2.46 bits per heavy atom. The zero-order chi connectivity index (χ0) is 19.4. The third-order valence-corrected chi connectivity index (χ3v) is 3.82. The Balaban J connectivity index is 2.23. The van der Waals surface area contributed by atoms with Crippen molar-refractivity contribution in [3.63, 3.8) is 0 Å². The highest BCUT2D eigenvalue weighted by Crippen LogP contribution is 2.31. The quantitative estimate of drug-likeness (QED) is 0.348. The molecule has 0 aliphatic rings. The van der Waals surface area contributed by atoms with E-state index in [1.54, 1.807) is 13.8 Å². The van der Waals surface area contributed by atoms with Gasteiger partial charge in [-0.25, -0.2) is 4.79 Å². The van der Waals surface area contributed by atoms with Crippen LogP contribution in [0.2, 0.25) is 0 Å². The molecule has 9 heteroatoms.